The van der Waals surface area contributed by atoms with Crippen molar-refractivity contribution in [2.75, 3.05) is 13.2 Å². The zero-order valence-electron chi connectivity index (χ0n) is 12.9. The van der Waals surface area contributed by atoms with Crippen molar-refractivity contribution in [3.63, 3.8) is 0 Å². The fourth-order valence-electron chi connectivity index (χ4n) is 2.48. The molecule has 1 saturated heterocycles. The van der Waals surface area contributed by atoms with Gasteiger partial charge in [-0.25, -0.2) is 13.4 Å². The molecule has 134 valence electrons. The van der Waals surface area contributed by atoms with Gasteiger partial charge in [-0.3, -0.25) is 4.79 Å². The summed E-state index contributed by atoms with van der Waals surface area (Å²) >= 11 is 12.0. The van der Waals surface area contributed by atoms with Crippen molar-refractivity contribution < 1.29 is 22.8 Å². The van der Waals surface area contributed by atoms with E-state index < -0.39 is 16.0 Å². The number of benzene rings is 1. The first-order chi connectivity index (χ1) is 11.9. The first-order valence-electron chi connectivity index (χ1n) is 7.42. The van der Waals surface area contributed by atoms with Gasteiger partial charge in [-0.2, -0.15) is 0 Å². The molecule has 1 aromatic carbocycles. The average Bonchev–Trinajstić information content (AvgIpc) is 2.63. The summed E-state index contributed by atoms with van der Waals surface area (Å²) in [7, 11) is -4.07. The molecule has 25 heavy (non-hydrogen) atoms. The first-order valence-corrected chi connectivity index (χ1v) is 9.66. The number of nitrogens with one attached hydrogen (secondary N) is 1. The van der Waals surface area contributed by atoms with Crippen LogP contribution >= 0.6 is 23.2 Å². The first kappa shape index (κ1) is 18.3. The van der Waals surface area contributed by atoms with Gasteiger partial charge in [-0.15, -0.1) is 0 Å². The Kier molecular flexibility index (Phi) is 5.45. The molecule has 7 nitrogen and oxygen atoms in total. The summed E-state index contributed by atoms with van der Waals surface area (Å²) < 4.78 is 29.9. The number of ether oxygens (including phenoxy) is 1. The number of rotatable bonds is 4. The summed E-state index contributed by atoms with van der Waals surface area (Å²) in [5.41, 5.74) is 0. The number of fused-ring (bicyclic) bond motifs is 1. The van der Waals surface area contributed by atoms with E-state index >= 15 is 0 Å². The monoisotopic (exact) mass is 404 g/mol. The lowest BCUT2D eigenvalue weighted by molar-refractivity contribution is -0.155. The summed E-state index contributed by atoms with van der Waals surface area (Å²) in [5.74, 6) is -1.01. The zero-order chi connectivity index (χ0) is 18.0. The molecular formula is C15H14Cl2N2O5S. The van der Waals surface area contributed by atoms with Crippen LogP contribution in [0.1, 0.15) is 12.8 Å². The van der Waals surface area contributed by atoms with Crippen LogP contribution in [0, 0.1) is 5.92 Å². The number of sulfonamides is 1. The van der Waals surface area contributed by atoms with Gasteiger partial charge in [-0.05, 0) is 29.9 Å². The molecule has 1 aliphatic rings. The summed E-state index contributed by atoms with van der Waals surface area (Å²) in [6.07, 6.45) is 2.38. The third-order valence-corrected chi connectivity index (χ3v) is 5.66. The van der Waals surface area contributed by atoms with Crippen LogP contribution < -0.4 is 4.89 Å². The molecule has 3 rings (SSSR count). The molecular weight excluding hydrogens is 391 g/mol. The molecule has 10 heteroatoms. The maximum absolute atomic E-state index is 12.3. The van der Waals surface area contributed by atoms with Crippen LogP contribution in [-0.4, -0.2) is 32.6 Å². The predicted octanol–water partition coefficient (Wildman–Crippen LogP) is 2.70. The third-order valence-electron chi connectivity index (χ3n) is 3.88. The lowest BCUT2D eigenvalue weighted by atomic mass is 10.0. The molecule has 2 heterocycles. The maximum Gasteiger partial charge on any atom is 0.329 e. The second-order valence-electron chi connectivity index (χ2n) is 5.50. The highest BCUT2D eigenvalue weighted by Crippen LogP contribution is 2.29. The number of carbonyl (C=O) groups is 1. The molecule has 0 bridgehead atoms. The number of carbonyl (C=O) groups excluding carboxylic acids is 1. The van der Waals surface area contributed by atoms with Crippen LogP contribution in [0.15, 0.2) is 29.3 Å². The second kappa shape index (κ2) is 7.43. The Hall–Kier alpha value is -1.45. The predicted molar refractivity (Wildman–Crippen MR) is 91.7 cm³/mol. The molecule has 1 aliphatic heterocycles. The number of aromatic nitrogens is 1. The van der Waals surface area contributed by atoms with Crippen molar-refractivity contribution in [1.82, 2.24) is 9.87 Å². The van der Waals surface area contributed by atoms with Gasteiger partial charge in [0.05, 0.1) is 15.8 Å². The van der Waals surface area contributed by atoms with E-state index in [0.29, 0.717) is 41.9 Å². The molecule has 0 aliphatic carbocycles. The minimum absolute atomic E-state index is 0.120. The highest BCUT2D eigenvalue weighted by atomic mass is 35.5. The van der Waals surface area contributed by atoms with Crippen molar-refractivity contribution in [3.05, 3.63) is 34.6 Å². The number of hydrogen-bond donors (Lipinski definition) is 1. The summed E-state index contributed by atoms with van der Waals surface area (Å²) in [4.78, 5) is 22.3. The maximum atomic E-state index is 12.3. The Bertz CT molecular complexity index is 914. The van der Waals surface area contributed by atoms with Gasteiger partial charge in [-0.1, -0.05) is 29.3 Å². The van der Waals surface area contributed by atoms with Crippen LogP contribution in [0.5, 0.6) is 0 Å². The fraction of sp³-hybridized carbons (Fsp3) is 0.333. The molecule has 0 atom stereocenters. The van der Waals surface area contributed by atoms with E-state index in [2.05, 4.69) is 4.98 Å². The Morgan fingerprint density at radius 2 is 1.96 bits per heavy atom. The van der Waals surface area contributed by atoms with E-state index in [4.69, 9.17) is 32.8 Å². The second-order valence-corrected chi connectivity index (χ2v) is 7.91. The highest BCUT2D eigenvalue weighted by molar-refractivity contribution is 7.89. The summed E-state index contributed by atoms with van der Waals surface area (Å²) in [6, 6.07) is 4.18. The van der Waals surface area contributed by atoms with Crippen molar-refractivity contribution in [2.45, 2.75) is 17.7 Å². The lowest BCUT2D eigenvalue weighted by Gasteiger charge is -2.20. The largest absolute Gasteiger partial charge is 0.381 e. The average molecular weight is 405 g/mol. The minimum atomic E-state index is -4.07. The van der Waals surface area contributed by atoms with Crippen LogP contribution in [0.25, 0.3) is 10.8 Å². The van der Waals surface area contributed by atoms with Crippen LogP contribution in [-0.2, 0) is 24.4 Å². The molecule has 0 saturated carbocycles. The molecule has 1 fully saturated rings. The van der Waals surface area contributed by atoms with E-state index in [0.717, 1.165) is 0 Å². The van der Waals surface area contributed by atoms with Gasteiger partial charge in [0.1, 0.15) is 5.15 Å². The third kappa shape index (κ3) is 4.04. The van der Waals surface area contributed by atoms with Crippen molar-refractivity contribution in [3.8, 4) is 0 Å². The molecule has 0 radical (unpaired) electrons. The van der Waals surface area contributed by atoms with E-state index in [1.165, 1.54) is 24.4 Å². The van der Waals surface area contributed by atoms with E-state index in [1.807, 2.05) is 4.89 Å². The Balaban J connectivity index is 1.79. The standard InChI is InChI=1S/C15H14Cl2N2O5S/c16-13-8-18-14(17)12-7-10(1-2-11(12)13)25(21,22)19-24-15(20)9-3-5-23-6-4-9/h1-2,7-9,19H,3-6H2. The molecule has 0 spiro atoms. The van der Waals surface area contributed by atoms with Gasteiger partial charge in [0.2, 0.25) is 0 Å². The van der Waals surface area contributed by atoms with Crippen LogP contribution in [0.4, 0.5) is 0 Å². The Labute approximate surface area is 154 Å². The Morgan fingerprint density at radius 3 is 2.68 bits per heavy atom. The molecule has 0 unspecified atom stereocenters. The number of hydrogen-bond acceptors (Lipinski definition) is 6. The van der Waals surface area contributed by atoms with E-state index in [-0.39, 0.29) is 16.0 Å². The van der Waals surface area contributed by atoms with Gasteiger partial charge >= 0.3 is 5.97 Å². The van der Waals surface area contributed by atoms with Crippen LogP contribution in [0.3, 0.4) is 0 Å². The SMILES string of the molecule is O=C(ONS(=O)(=O)c1ccc2c(Cl)cnc(Cl)c2c1)C1CCOCC1. The van der Waals surface area contributed by atoms with E-state index in [9.17, 15) is 13.2 Å². The quantitative estimate of drug-likeness (QED) is 0.621. The lowest BCUT2D eigenvalue weighted by Crippen LogP contribution is -2.33. The fourth-order valence-corrected chi connectivity index (χ4v) is 3.71. The van der Waals surface area contributed by atoms with Crippen molar-refractivity contribution in [1.29, 1.82) is 0 Å². The summed E-state index contributed by atoms with van der Waals surface area (Å²) in [6.45, 7) is 0.896. The van der Waals surface area contributed by atoms with Gasteiger partial charge in [0, 0.05) is 30.2 Å². The number of halogens is 2. The number of nitrogens with zero attached hydrogens (tertiary/aromatic N) is 1. The number of pyridine rings is 1. The van der Waals surface area contributed by atoms with Gasteiger partial charge in [0.15, 0.2) is 0 Å². The van der Waals surface area contributed by atoms with Crippen molar-refractivity contribution in [2.24, 2.45) is 5.92 Å². The van der Waals surface area contributed by atoms with Crippen LogP contribution in [0.2, 0.25) is 10.2 Å². The highest BCUT2D eigenvalue weighted by Gasteiger charge is 2.25. The molecule has 1 aromatic heterocycles. The topological polar surface area (TPSA) is 94.6 Å². The molecule has 2 aromatic rings. The summed E-state index contributed by atoms with van der Waals surface area (Å²) in [5, 5.41) is 1.42. The normalized spacial score (nSPS) is 16.1. The molecule has 0 amide bonds. The van der Waals surface area contributed by atoms with Gasteiger partial charge < -0.3 is 9.57 Å². The zero-order valence-corrected chi connectivity index (χ0v) is 15.2. The minimum Gasteiger partial charge on any atom is -0.381 e. The van der Waals surface area contributed by atoms with E-state index in [1.54, 1.807) is 0 Å². The molecule has 1 N–H and O–H groups in total. The smallest absolute Gasteiger partial charge is 0.329 e. The van der Waals surface area contributed by atoms with Gasteiger partial charge in [0.25, 0.3) is 10.0 Å². The Morgan fingerprint density at radius 1 is 1.24 bits per heavy atom. The van der Waals surface area contributed by atoms with Crippen molar-refractivity contribution >= 4 is 50.0 Å².